The molecule has 82 valence electrons. The molecule has 1 saturated carbocycles. The van der Waals surface area contributed by atoms with Gasteiger partial charge in [0.15, 0.2) is 5.60 Å². The average Bonchev–Trinajstić information content (AvgIpc) is 2.20. The van der Waals surface area contributed by atoms with Gasteiger partial charge in [-0.2, -0.15) is 0 Å². The summed E-state index contributed by atoms with van der Waals surface area (Å²) in [6, 6.07) is 5.34. The van der Waals surface area contributed by atoms with E-state index in [1.807, 2.05) is 19.1 Å². The summed E-state index contributed by atoms with van der Waals surface area (Å²) >= 11 is 0. The van der Waals surface area contributed by atoms with Crippen molar-refractivity contribution in [3.8, 4) is 5.75 Å². The zero-order valence-corrected chi connectivity index (χ0v) is 9.08. The van der Waals surface area contributed by atoms with Gasteiger partial charge in [-0.15, -0.1) is 0 Å². The maximum absolute atomic E-state index is 11.9. The van der Waals surface area contributed by atoms with E-state index in [1.165, 1.54) is 0 Å². The standard InChI is InChI=1S/C13H12O3/c1-8-3-4-9-10(7-8)16-13(5-2-6-13)12(15)11(9)14/h3-4,7H,2,5-6H2,1H3. The lowest BCUT2D eigenvalue weighted by Gasteiger charge is -2.42. The fourth-order valence-corrected chi connectivity index (χ4v) is 2.31. The second-order valence-corrected chi connectivity index (χ2v) is 4.61. The third kappa shape index (κ3) is 1.08. The SMILES string of the molecule is Cc1ccc2c(c1)OC1(CCC1)C(=O)C2=O. The van der Waals surface area contributed by atoms with Crippen LogP contribution in [0.2, 0.25) is 0 Å². The molecular weight excluding hydrogens is 204 g/mol. The molecule has 1 fully saturated rings. The second-order valence-electron chi connectivity index (χ2n) is 4.61. The van der Waals surface area contributed by atoms with Crippen molar-refractivity contribution < 1.29 is 14.3 Å². The molecule has 0 N–H and O–H groups in total. The molecule has 0 unspecified atom stereocenters. The van der Waals surface area contributed by atoms with Crippen LogP contribution in [0.4, 0.5) is 0 Å². The Morgan fingerprint density at radius 1 is 1.25 bits per heavy atom. The molecule has 1 aliphatic heterocycles. The number of carbonyl (C=O) groups excluding carboxylic acids is 2. The quantitative estimate of drug-likeness (QED) is 0.623. The van der Waals surface area contributed by atoms with Gasteiger partial charge < -0.3 is 4.74 Å². The number of aryl methyl sites for hydroxylation is 1. The van der Waals surface area contributed by atoms with Gasteiger partial charge in [-0.1, -0.05) is 6.07 Å². The van der Waals surface area contributed by atoms with Gasteiger partial charge in [0.2, 0.25) is 11.6 Å². The lowest BCUT2D eigenvalue weighted by molar-refractivity contribution is -0.138. The predicted octanol–water partition coefficient (Wildman–Crippen LogP) is 2.06. The van der Waals surface area contributed by atoms with Gasteiger partial charge in [0.05, 0.1) is 5.56 Å². The van der Waals surface area contributed by atoms with E-state index in [1.54, 1.807) is 6.07 Å². The molecule has 0 bridgehead atoms. The van der Waals surface area contributed by atoms with Gasteiger partial charge in [-0.25, -0.2) is 0 Å². The molecule has 0 saturated heterocycles. The van der Waals surface area contributed by atoms with Crippen LogP contribution in [0.25, 0.3) is 0 Å². The number of hydrogen-bond acceptors (Lipinski definition) is 3. The van der Waals surface area contributed by atoms with Gasteiger partial charge >= 0.3 is 0 Å². The maximum atomic E-state index is 11.9. The maximum Gasteiger partial charge on any atom is 0.246 e. The Kier molecular flexibility index (Phi) is 1.76. The number of rotatable bonds is 0. The summed E-state index contributed by atoms with van der Waals surface area (Å²) in [6.45, 7) is 1.94. The van der Waals surface area contributed by atoms with E-state index in [4.69, 9.17) is 4.74 Å². The molecule has 0 atom stereocenters. The lowest BCUT2D eigenvalue weighted by atomic mass is 9.73. The third-order valence-corrected chi connectivity index (χ3v) is 3.47. The lowest BCUT2D eigenvalue weighted by Crippen LogP contribution is -2.56. The molecule has 3 nitrogen and oxygen atoms in total. The molecule has 1 aliphatic carbocycles. The molecule has 3 heteroatoms. The van der Waals surface area contributed by atoms with Crippen molar-refractivity contribution in [1.29, 1.82) is 0 Å². The van der Waals surface area contributed by atoms with E-state index in [0.717, 1.165) is 12.0 Å². The van der Waals surface area contributed by atoms with E-state index in [-0.39, 0.29) is 11.6 Å². The highest BCUT2D eigenvalue weighted by molar-refractivity contribution is 6.47. The number of carbonyl (C=O) groups is 2. The molecule has 2 aliphatic rings. The van der Waals surface area contributed by atoms with Crippen molar-refractivity contribution in [2.45, 2.75) is 31.8 Å². The Labute approximate surface area is 93.4 Å². The van der Waals surface area contributed by atoms with Crippen LogP contribution in [-0.2, 0) is 4.79 Å². The second kappa shape index (κ2) is 2.94. The number of ketones is 2. The summed E-state index contributed by atoms with van der Waals surface area (Å²) in [5, 5.41) is 0. The highest BCUT2D eigenvalue weighted by atomic mass is 16.5. The smallest absolute Gasteiger partial charge is 0.246 e. The van der Waals surface area contributed by atoms with Crippen LogP contribution in [0.1, 0.15) is 35.2 Å². The van der Waals surface area contributed by atoms with Crippen LogP contribution in [0.15, 0.2) is 18.2 Å². The van der Waals surface area contributed by atoms with Crippen molar-refractivity contribution in [2.75, 3.05) is 0 Å². The molecule has 3 rings (SSSR count). The Bertz CT molecular complexity index is 498. The summed E-state index contributed by atoms with van der Waals surface area (Å²) in [6.07, 6.45) is 2.30. The van der Waals surface area contributed by atoms with Gasteiger partial charge in [0.1, 0.15) is 5.75 Å². The first-order chi connectivity index (χ1) is 7.62. The Morgan fingerprint density at radius 2 is 2.00 bits per heavy atom. The fraction of sp³-hybridized carbons (Fsp3) is 0.385. The van der Waals surface area contributed by atoms with Crippen LogP contribution < -0.4 is 4.74 Å². The Morgan fingerprint density at radius 3 is 2.62 bits per heavy atom. The first kappa shape index (κ1) is 9.58. The van der Waals surface area contributed by atoms with Crippen molar-refractivity contribution in [2.24, 2.45) is 0 Å². The van der Waals surface area contributed by atoms with Gasteiger partial charge in [-0.3, -0.25) is 9.59 Å². The van der Waals surface area contributed by atoms with Crippen molar-refractivity contribution in [3.05, 3.63) is 29.3 Å². The van der Waals surface area contributed by atoms with E-state index in [2.05, 4.69) is 0 Å². The van der Waals surface area contributed by atoms with Crippen molar-refractivity contribution in [3.63, 3.8) is 0 Å². The number of ether oxygens (including phenoxy) is 1. The zero-order chi connectivity index (χ0) is 11.3. The average molecular weight is 216 g/mol. The van der Waals surface area contributed by atoms with Crippen molar-refractivity contribution >= 4 is 11.6 Å². The largest absolute Gasteiger partial charge is 0.478 e. The van der Waals surface area contributed by atoms with Gasteiger partial charge in [-0.05, 0) is 43.9 Å². The van der Waals surface area contributed by atoms with Gasteiger partial charge in [0, 0.05) is 0 Å². The number of hydrogen-bond donors (Lipinski definition) is 0. The van der Waals surface area contributed by atoms with Crippen LogP contribution in [-0.4, -0.2) is 17.2 Å². The number of fused-ring (bicyclic) bond motifs is 1. The molecule has 1 aromatic rings. The minimum Gasteiger partial charge on any atom is -0.478 e. The third-order valence-electron chi connectivity index (χ3n) is 3.47. The van der Waals surface area contributed by atoms with Crippen molar-refractivity contribution in [1.82, 2.24) is 0 Å². The summed E-state index contributed by atoms with van der Waals surface area (Å²) in [4.78, 5) is 23.8. The molecule has 16 heavy (non-hydrogen) atoms. The van der Waals surface area contributed by atoms with E-state index >= 15 is 0 Å². The number of Topliss-reactive ketones (excluding diaryl/α,β-unsaturated/α-hetero) is 2. The predicted molar refractivity (Wildman–Crippen MR) is 57.7 cm³/mol. The highest BCUT2D eigenvalue weighted by Crippen LogP contribution is 2.42. The highest BCUT2D eigenvalue weighted by Gasteiger charge is 2.52. The first-order valence-corrected chi connectivity index (χ1v) is 5.51. The van der Waals surface area contributed by atoms with Crippen LogP contribution in [0.5, 0.6) is 5.75 Å². The zero-order valence-electron chi connectivity index (χ0n) is 9.08. The minimum atomic E-state index is -0.822. The van der Waals surface area contributed by atoms with E-state index in [9.17, 15) is 9.59 Å². The van der Waals surface area contributed by atoms with Crippen LogP contribution in [0, 0.1) is 6.92 Å². The molecule has 1 aromatic carbocycles. The molecular formula is C13H12O3. The van der Waals surface area contributed by atoms with Crippen LogP contribution in [0.3, 0.4) is 0 Å². The molecule has 1 spiro atoms. The molecule has 0 radical (unpaired) electrons. The monoisotopic (exact) mass is 216 g/mol. The topological polar surface area (TPSA) is 43.4 Å². The molecule has 0 amide bonds. The fourth-order valence-electron chi connectivity index (χ4n) is 2.31. The first-order valence-electron chi connectivity index (χ1n) is 5.51. The van der Waals surface area contributed by atoms with Gasteiger partial charge in [0.25, 0.3) is 0 Å². The van der Waals surface area contributed by atoms with E-state index in [0.29, 0.717) is 24.2 Å². The number of benzene rings is 1. The normalized spacial score (nSPS) is 21.3. The Hall–Kier alpha value is -1.64. The summed E-state index contributed by atoms with van der Waals surface area (Å²) < 4.78 is 5.75. The summed E-state index contributed by atoms with van der Waals surface area (Å²) in [5.41, 5.74) is 0.626. The minimum absolute atomic E-state index is 0.366. The Balaban J connectivity index is 2.13. The summed E-state index contributed by atoms with van der Waals surface area (Å²) in [7, 11) is 0. The van der Waals surface area contributed by atoms with Crippen LogP contribution >= 0.6 is 0 Å². The molecule has 1 heterocycles. The van der Waals surface area contributed by atoms with E-state index < -0.39 is 5.60 Å². The molecule has 0 aromatic heterocycles. The summed E-state index contributed by atoms with van der Waals surface area (Å²) in [5.74, 6) is -0.180.